The first-order valence-electron chi connectivity index (χ1n) is 6.95. The van der Waals surface area contributed by atoms with Gasteiger partial charge in [0, 0.05) is 30.8 Å². The third-order valence-corrected chi connectivity index (χ3v) is 3.09. The monoisotopic (exact) mass is 258 g/mol. The molecule has 102 valence electrons. The maximum Gasteiger partial charge on any atom is 0.0708 e. The van der Waals surface area contributed by atoms with E-state index >= 15 is 0 Å². The Morgan fingerprint density at radius 2 is 2.11 bits per heavy atom. The van der Waals surface area contributed by atoms with Gasteiger partial charge >= 0.3 is 0 Å². The Kier molecular flexibility index (Phi) is 5.31. The number of benzene rings is 1. The fraction of sp³-hybridized carbons (Fsp3) is 0.438. The summed E-state index contributed by atoms with van der Waals surface area (Å²) < 4.78 is 5.33. The second-order valence-corrected chi connectivity index (χ2v) is 4.67. The first kappa shape index (κ1) is 14.0. The molecule has 1 N–H and O–H groups in total. The summed E-state index contributed by atoms with van der Waals surface area (Å²) in [6.45, 7) is 7.57. The number of para-hydroxylation sites is 1. The van der Waals surface area contributed by atoms with Crippen LogP contribution in [0.4, 0.5) is 0 Å². The minimum atomic E-state index is 0.800. The molecule has 2 rings (SSSR count). The van der Waals surface area contributed by atoms with E-state index in [0.29, 0.717) is 0 Å². The highest BCUT2D eigenvalue weighted by Gasteiger charge is 2.02. The van der Waals surface area contributed by atoms with Gasteiger partial charge in [-0.25, -0.2) is 0 Å². The standard InChI is InChI=1S/C16H22N2O/c1-3-19-10-6-9-17-12-14-11-13(2)18-16-8-5-4-7-15(14)16/h4-5,7-8,11,17H,3,6,9-10,12H2,1-2H3. The highest BCUT2D eigenvalue weighted by atomic mass is 16.5. The molecule has 0 aliphatic carbocycles. The van der Waals surface area contributed by atoms with Crippen LogP contribution in [-0.4, -0.2) is 24.7 Å². The second-order valence-electron chi connectivity index (χ2n) is 4.67. The van der Waals surface area contributed by atoms with Gasteiger partial charge in [-0.05, 0) is 44.5 Å². The van der Waals surface area contributed by atoms with E-state index in [1.165, 1.54) is 10.9 Å². The molecule has 1 aromatic carbocycles. The number of hydrogen-bond acceptors (Lipinski definition) is 3. The van der Waals surface area contributed by atoms with Gasteiger partial charge in [0.1, 0.15) is 0 Å². The van der Waals surface area contributed by atoms with E-state index in [9.17, 15) is 0 Å². The number of nitrogens with zero attached hydrogens (tertiary/aromatic N) is 1. The zero-order valence-corrected chi connectivity index (χ0v) is 11.8. The summed E-state index contributed by atoms with van der Waals surface area (Å²) in [7, 11) is 0. The molecule has 1 aromatic heterocycles. The van der Waals surface area contributed by atoms with Crippen LogP contribution in [0, 0.1) is 6.92 Å². The molecule has 0 aliphatic rings. The average Bonchev–Trinajstić information content (AvgIpc) is 2.42. The Hall–Kier alpha value is -1.45. The number of fused-ring (bicyclic) bond motifs is 1. The molecule has 3 nitrogen and oxygen atoms in total. The zero-order chi connectivity index (χ0) is 13.5. The van der Waals surface area contributed by atoms with Crippen molar-refractivity contribution in [2.45, 2.75) is 26.8 Å². The van der Waals surface area contributed by atoms with E-state index in [1.54, 1.807) is 0 Å². The number of nitrogens with one attached hydrogen (secondary N) is 1. The Morgan fingerprint density at radius 1 is 1.26 bits per heavy atom. The number of aromatic nitrogens is 1. The lowest BCUT2D eigenvalue weighted by Gasteiger charge is -2.09. The van der Waals surface area contributed by atoms with Crippen molar-refractivity contribution < 1.29 is 4.74 Å². The van der Waals surface area contributed by atoms with Crippen molar-refractivity contribution in [3.63, 3.8) is 0 Å². The molecule has 0 spiro atoms. The molecule has 0 saturated carbocycles. The molecular formula is C16H22N2O. The van der Waals surface area contributed by atoms with Gasteiger partial charge in [-0.1, -0.05) is 18.2 Å². The summed E-state index contributed by atoms with van der Waals surface area (Å²) in [5, 5.41) is 4.71. The SMILES string of the molecule is CCOCCCNCc1cc(C)nc2ccccc12. The minimum absolute atomic E-state index is 0.800. The number of ether oxygens (including phenoxy) is 1. The molecule has 3 heteroatoms. The Bertz CT molecular complexity index is 525. The van der Waals surface area contributed by atoms with Crippen LogP contribution in [0.3, 0.4) is 0 Å². The summed E-state index contributed by atoms with van der Waals surface area (Å²) >= 11 is 0. The van der Waals surface area contributed by atoms with E-state index in [4.69, 9.17) is 4.74 Å². The Balaban J connectivity index is 1.96. The normalized spacial score (nSPS) is 11.1. The molecule has 2 aromatic rings. The van der Waals surface area contributed by atoms with Gasteiger partial charge in [0.2, 0.25) is 0 Å². The summed E-state index contributed by atoms with van der Waals surface area (Å²) in [6, 6.07) is 10.5. The predicted molar refractivity (Wildman–Crippen MR) is 79.3 cm³/mol. The fourth-order valence-electron chi connectivity index (χ4n) is 2.21. The van der Waals surface area contributed by atoms with E-state index < -0.39 is 0 Å². The minimum Gasteiger partial charge on any atom is -0.382 e. The van der Waals surface area contributed by atoms with Crippen molar-refractivity contribution in [1.82, 2.24) is 10.3 Å². The topological polar surface area (TPSA) is 34.1 Å². The maximum absolute atomic E-state index is 5.33. The Labute approximate surface area is 115 Å². The van der Waals surface area contributed by atoms with Gasteiger partial charge in [-0.15, -0.1) is 0 Å². The molecule has 0 aliphatic heterocycles. The summed E-state index contributed by atoms with van der Waals surface area (Å²) in [5.74, 6) is 0. The third kappa shape index (κ3) is 4.01. The third-order valence-electron chi connectivity index (χ3n) is 3.09. The Morgan fingerprint density at radius 3 is 2.95 bits per heavy atom. The molecule has 0 bridgehead atoms. The van der Waals surface area contributed by atoms with E-state index in [1.807, 2.05) is 19.9 Å². The smallest absolute Gasteiger partial charge is 0.0708 e. The van der Waals surface area contributed by atoms with Gasteiger partial charge in [0.05, 0.1) is 5.52 Å². The summed E-state index contributed by atoms with van der Waals surface area (Å²) in [4.78, 5) is 4.56. The van der Waals surface area contributed by atoms with E-state index in [0.717, 1.165) is 43.9 Å². The van der Waals surface area contributed by atoms with Crippen LogP contribution in [0.5, 0.6) is 0 Å². The molecule has 0 amide bonds. The largest absolute Gasteiger partial charge is 0.382 e. The van der Waals surface area contributed by atoms with Crippen LogP contribution in [0.2, 0.25) is 0 Å². The van der Waals surface area contributed by atoms with Crippen LogP contribution >= 0.6 is 0 Å². The average molecular weight is 258 g/mol. The van der Waals surface area contributed by atoms with E-state index in [2.05, 4.69) is 34.6 Å². The zero-order valence-electron chi connectivity index (χ0n) is 11.8. The number of hydrogen-bond donors (Lipinski definition) is 1. The van der Waals surface area contributed by atoms with Crippen molar-refractivity contribution in [2.24, 2.45) is 0 Å². The number of rotatable bonds is 7. The molecule has 0 fully saturated rings. The van der Waals surface area contributed by atoms with Crippen LogP contribution in [0.15, 0.2) is 30.3 Å². The van der Waals surface area contributed by atoms with Crippen molar-refractivity contribution in [3.8, 4) is 0 Å². The van der Waals surface area contributed by atoms with Gasteiger partial charge < -0.3 is 10.1 Å². The van der Waals surface area contributed by atoms with Crippen LogP contribution in [-0.2, 0) is 11.3 Å². The van der Waals surface area contributed by atoms with Gasteiger partial charge in [0.25, 0.3) is 0 Å². The summed E-state index contributed by atoms with van der Waals surface area (Å²) in [5.41, 5.74) is 3.47. The lowest BCUT2D eigenvalue weighted by Crippen LogP contribution is -2.16. The molecule has 1 heterocycles. The molecule has 0 radical (unpaired) electrons. The summed E-state index contributed by atoms with van der Waals surface area (Å²) in [6.07, 6.45) is 1.05. The first-order chi connectivity index (χ1) is 9.31. The second kappa shape index (κ2) is 7.22. The number of aryl methyl sites for hydroxylation is 1. The van der Waals surface area contributed by atoms with E-state index in [-0.39, 0.29) is 0 Å². The van der Waals surface area contributed by atoms with Crippen LogP contribution < -0.4 is 5.32 Å². The van der Waals surface area contributed by atoms with Gasteiger partial charge in [0.15, 0.2) is 0 Å². The van der Waals surface area contributed by atoms with Gasteiger partial charge in [-0.2, -0.15) is 0 Å². The quantitative estimate of drug-likeness (QED) is 0.775. The van der Waals surface area contributed by atoms with Gasteiger partial charge in [-0.3, -0.25) is 4.98 Å². The first-order valence-corrected chi connectivity index (χ1v) is 6.95. The lowest BCUT2D eigenvalue weighted by atomic mass is 10.1. The van der Waals surface area contributed by atoms with Crippen LogP contribution in [0.1, 0.15) is 24.6 Å². The molecular weight excluding hydrogens is 236 g/mol. The highest BCUT2D eigenvalue weighted by Crippen LogP contribution is 2.17. The maximum atomic E-state index is 5.33. The predicted octanol–water partition coefficient (Wildman–Crippen LogP) is 3.06. The number of pyridine rings is 1. The van der Waals surface area contributed by atoms with Crippen molar-refractivity contribution >= 4 is 10.9 Å². The lowest BCUT2D eigenvalue weighted by molar-refractivity contribution is 0.144. The van der Waals surface area contributed by atoms with Crippen molar-refractivity contribution in [2.75, 3.05) is 19.8 Å². The van der Waals surface area contributed by atoms with Crippen LogP contribution in [0.25, 0.3) is 10.9 Å². The van der Waals surface area contributed by atoms with Crippen molar-refractivity contribution in [1.29, 1.82) is 0 Å². The molecule has 0 unspecified atom stereocenters. The molecule has 0 atom stereocenters. The van der Waals surface area contributed by atoms with Crippen molar-refractivity contribution in [3.05, 3.63) is 41.6 Å². The highest BCUT2D eigenvalue weighted by molar-refractivity contribution is 5.82. The molecule has 0 saturated heterocycles. The molecule has 19 heavy (non-hydrogen) atoms. The fourth-order valence-corrected chi connectivity index (χ4v) is 2.21.